The summed E-state index contributed by atoms with van der Waals surface area (Å²) in [4.78, 5) is 41.8. The van der Waals surface area contributed by atoms with E-state index in [1.54, 1.807) is 16.8 Å². The molecule has 0 spiro atoms. The first kappa shape index (κ1) is 28.8. The first-order chi connectivity index (χ1) is 17.3. The lowest BCUT2D eigenvalue weighted by Crippen LogP contribution is -2.24. The lowest BCUT2D eigenvalue weighted by molar-refractivity contribution is 0.0947. The van der Waals surface area contributed by atoms with Gasteiger partial charge in [0.05, 0.1) is 23.2 Å². The predicted octanol–water partition coefficient (Wildman–Crippen LogP) is 5.74. The molecule has 0 aromatic carbocycles. The van der Waals surface area contributed by atoms with Crippen molar-refractivity contribution in [2.75, 3.05) is 5.32 Å². The number of aryl methyl sites for hydroxylation is 1. The van der Waals surface area contributed by atoms with Crippen LogP contribution in [0.1, 0.15) is 71.5 Å². The molecule has 12 heteroatoms. The highest BCUT2D eigenvalue weighted by Crippen LogP contribution is 2.27. The van der Waals surface area contributed by atoms with E-state index in [1.807, 2.05) is 34.7 Å². The quantitative estimate of drug-likeness (QED) is 0.326. The molecule has 192 valence electrons. The van der Waals surface area contributed by atoms with Crippen LogP contribution < -0.4 is 10.6 Å². The van der Waals surface area contributed by atoms with Crippen LogP contribution in [0.2, 0.25) is 5.02 Å². The van der Waals surface area contributed by atoms with Gasteiger partial charge in [0.25, 0.3) is 11.8 Å². The Morgan fingerprint density at radius 2 is 1.83 bits per heavy atom. The molecule has 1 unspecified atom stereocenters. The summed E-state index contributed by atoms with van der Waals surface area (Å²) in [7, 11) is 1.83. The Morgan fingerprint density at radius 1 is 1.11 bits per heavy atom. The van der Waals surface area contributed by atoms with Crippen LogP contribution >= 0.6 is 22.9 Å². The average Bonchev–Trinajstić information content (AvgIpc) is 3.53. The lowest BCUT2D eigenvalue weighted by atomic mass is 10.2. The number of hydrogen-bond donors (Lipinski definition) is 2. The van der Waals surface area contributed by atoms with Gasteiger partial charge in [-0.25, -0.2) is 24.3 Å². The van der Waals surface area contributed by atoms with Crippen LogP contribution in [0.5, 0.6) is 0 Å². The van der Waals surface area contributed by atoms with Gasteiger partial charge in [0.15, 0.2) is 0 Å². The van der Waals surface area contributed by atoms with Gasteiger partial charge < -0.3 is 15.2 Å². The summed E-state index contributed by atoms with van der Waals surface area (Å²) >= 11 is 7.04. The Balaban J connectivity index is 0.00000109. The molecule has 0 saturated heterocycles. The van der Waals surface area contributed by atoms with Crippen molar-refractivity contribution in [3.8, 4) is 0 Å². The molecule has 9 nitrogen and oxygen atoms in total. The van der Waals surface area contributed by atoms with Crippen molar-refractivity contribution in [1.82, 2.24) is 29.8 Å². The number of carbonyl (C=O) groups is 2. The first-order valence-electron chi connectivity index (χ1n) is 11.4. The molecular formula is C24H29ClFN7O2S. The number of fused-ring (bicyclic) bond motifs is 1. The maximum absolute atomic E-state index is 13.6. The number of alkyl halides is 1. The van der Waals surface area contributed by atoms with Crippen molar-refractivity contribution in [3.63, 3.8) is 0 Å². The zero-order valence-electron chi connectivity index (χ0n) is 21.0. The van der Waals surface area contributed by atoms with Crippen LogP contribution in [-0.2, 0) is 13.6 Å². The highest BCUT2D eigenvalue weighted by molar-refractivity contribution is 7.13. The summed E-state index contributed by atoms with van der Waals surface area (Å²) in [6.07, 6.45) is 4.52. The van der Waals surface area contributed by atoms with Crippen molar-refractivity contribution in [2.45, 2.75) is 47.3 Å². The first-order valence-corrected chi connectivity index (χ1v) is 12.6. The number of carbonyl (C=O) groups excluding carboxylic acids is 2. The molecule has 0 aliphatic carbocycles. The summed E-state index contributed by atoms with van der Waals surface area (Å²) in [6, 6.07) is 3.16. The van der Waals surface area contributed by atoms with E-state index in [2.05, 4.69) is 30.6 Å². The molecule has 0 saturated carbocycles. The topological polar surface area (TPSA) is 115 Å². The summed E-state index contributed by atoms with van der Waals surface area (Å²) in [6.45, 7) is 9.47. The Labute approximate surface area is 218 Å². The SMILES string of the molecule is CC.CC.CC(F)c1cc(NC(=O)c2cnc(CNC(=O)c3ncnc4c3ccn4C)s2)ncc1Cl. The van der Waals surface area contributed by atoms with E-state index in [0.717, 1.165) is 11.3 Å². The fourth-order valence-corrected chi connectivity index (χ4v) is 4.01. The number of hydrogen-bond acceptors (Lipinski definition) is 7. The second kappa shape index (κ2) is 13.6. The number of thiazole rings is 1. The van der Waals surface area contributed by atoms with Crippen molar-refractivity contribution in [3.05, 3.63) is 63.2 Å². The minimum absolute atomic E-state index is 0.123. The van der Waals surface area contributed by atoms with Gasteiger partial charge in [-0.15, -0.1) is 11.3 Å². The van der Waals surface area contributed by atoms with E-state index in [4.69, 9.17) is 11.6 Å². The second-order valence-electron chi connectivity index (χ2n) is 6.85. The van der Waals surface area contributed by atoms with Gasteiger partial charge in [-0.1, -0.05) is 39.3 Å². The zero-order chi connectivity index (χ0) is 26.8. The zero-order valence-corrected chi connectivity index (χ0v) is 22.5. The smallest absolute Gasteiger partial charge is 0.271 e. The number of aromatic nitrogens is 5. The van der Waals surface area contributed by atoms with E-state index < -0.39 is 12.1 Å². The minimum Gasteiger partial charge on any atom is -0.344 e. The number of anilines is 1. The third-order valence-corrected chi connectivity index (χ3v) is 5.92. The third kappa shape index (κ3) is 6.82. The molecule has 0 fully saturated rings. The van der Waals surface area contributed by atoms with Crippen LogP contribution in [0.3, 0.4) is 0 Å². The molecular weight excluding hydrogens is 505 g/mol. The molecule has 0 aliphatic rings. The van der Waals surface area contributed by atoms with Crippen LogP contribution in [0.25, 0.3) is 11.0 Å². The standard InChI is InChI=1S/C20H17ClFN7O2S.2C2H6/c1-10(22)12-5-15(23-6-13(12)21)28-19(30)14-7-24-16(32-14)8-25-20(31)17-11-3-4-29(2)18(11)27-9-26-17;2*1-2/h3-7,9-10H,8H2,1-2H3,(H,25,31)(H,23,28,30);2*1-2H3. The number of amides is 2. The summed E-state index contributed by atoms with van der Waals surface area (Å²) in [5, 5.41) is 6.71. The molecule has 0 radical (unpaired) electrons. The third-order valence-electron chi connectivity index (χ3n) is 4.61. The normalized spacial score (nSPS) is 11.0. The Kier molecular flexibility index (Phi) is 10.9. The van der Waals surface area contributed by atoms with Crippen LogP contribution in [0.4, 0.5) is 10.2 Å². The van der Waals surface area contributed by atoms with E-state index in [9.17, 15) is 14.0 Å². The molecule has 2 N–H and O–H groups in total. The predicted molar refractivity (Wildman–Crippen MR) is 141 cm³/mol. The summed E-state index contributed by atoms with van der Waals surface area (Å²) in [5.41, 5.74) is 1.15. The van der Waals surface area contributed by atoms with Gasteiger partial charge >= 0.3 is 0 Å². The van der Waals surface area contributed by atoms with Crippen LogP contribution in [0.15, 0.2) is 37.1 Å². The van der Waals surface area contributed by atoms with Gasteiger partial charge in [0, 0.05) is 25.0 Å². The number of halogens is 2. The van der Waals surface area contributed by atoms with E-state index in [-0.39, 0.29) is 34.5 Å². The average molecular weight is 534 g/mol. The van der Waals surface area contributed by atoms with Crippen molar-refractivity contribution in [2.24, 2.45) is 7.05 Å². The van der Waals surface area contributed by atoms with Crippen molar-refractivity contribution in [1.29, 1.82) is 0 Å². The van der Waals surface area contributed by atoms with Gasteiger partial charge in [0.1, 0.15) is 39.5 Å². The van der Waals surface area contributed by atoms with Crippen molar-refractivity contribution >= 4 is 51.6 Å². The Morgan fingerprint density at radius 3 is 2.53 bits per heavy atom. The fraction of sp³-hybridized carbons (Fsp3) is 0.333. The number of pyridine rings is 1. The molecule has 4 aromatic heterocycles. The summed E-state index contributed by atoms with van der Waals surface area (Å²) in [5.74, 6) is -0.644. The molecule has 0 bridgehead atoms. The number of rotatable bonds is 6. The molecule has 4 aromatic rings. The maximum Gasteiger partial charge on any atom is 0.271 e. The summed E-state index contributed by atoms with van der Waals surface area (Å²) < 4.78 is 15.4. The van der Waals surface area contributed by atoms with E-state index >= 15 is 0 Å². The molecule has 4 heterocycles. The molecule has 36 heavy (non-hydrogen) atoms. The van der Waals surface area contributed by atoms with Gasteiger partial charge in [0.2, 0.25) is 0 Å². The molecule has 2 amide bonds. The fourth-order valence-electron chi connectivity index (χ4n) is 3.00. The van der Waals surface area contributed by atoms with E-state index in [0.29, 0.717) is 20.9 Å². The Hall–Kier alpha value is -3.44. The van der Waals surface area contributed by atoms with Crippen LogP contribution in [-0.4, -0.2) is 36.3 Å². The lowest BCUT2D eigenvalue weighted by Gasteiger charge is -2.08. The van der Waals surface area contributed by atoms with Gasteiger partial charge in [-0.2, -0.15) is 0 Å². The van der Waals surface area contributed by atoms with E-state index in [1.165, 1.54) is 31.7 Å². The largest absolute Gasteiger partial charge is 0.344 e. The second-order valence-corrected chi connectivity index (χ2v) is 8.37. The van der Waals surface area contributed by atoms with Gasteiger partial charge in [-0.3, -0.25) is 9.59 Å². The Bertz CT molecular complexity index is 1320. The monoisotopic (exact) mass is 533 g/mol. The van der Waals surface area contributed by atoms with Crippen LogP contribution in [0, 0.1) is 0 Å². The highest BCUT2D eigenvalue weighted by atomic mass is 35.5. The molecule has 1 atom stereocenters. The molecule has 0 aliphatic heterocycles. The van der Waals surface area contributed by atoms with Gasteiger partial charge in [-0.05, 0) is 19.1 Å². The maximum atomic E-state index is 13.6. The highest BCUT2D eigenvalue weighted by Gasteiger charge is 2.17. The minimum atomic E-state index is -1.30. The number of nitrogens with one attached hydrogen (secondary N) is 2. The van der Waals surface area contributed by atoms with Crippen molar-refractivity contribution < 1.29 is 14.0 Å². The number of nitrogens with zero attached hydrogens (tertiary/aromatic N) is 5. The molecule has 4 rings (SSSR count).